The van der Waals surface area contributed by atoms with E-state index >= 15 is 0 Å². The van der Waals surface area contributed by atoms with Crippen LogP contribution in [0.2, 0.25) is 0 Å². The first-order valence-electron chi connectivity index (χ1n) is 12.8. The Morgan fingerprint density at radius 1 is 1.08 bits per heavy atom. The molecule has 2 fully saturated rings. The van der Waals surface area contributed by atoms with E-state index in [0.717, 1.165) is 24.8 Å². The number of hydrogen-bond donors (Lipinski definition) is 3. The molecule has 1 aliphatic heterocycles. The summed E-state index contributed by atoms with van der Waals surface area (Å²) in [6, 6.07) is 12.6. The number of anilines is 1. The zero-order valence-electron chi connectivity index (χ0n) is 21.6. The summed E-state index contributed by atoms with van der Waals surface area (Å²) in [5, 5.41) is 6.17. The first-order chi connectivity index (χ1) is 18.3. The standard InChI is InChI=1S/C28H32N6O4/c1-17-6-7-19(28(37)32-20-8-9-20)13-23(17)34-16-31-25(27(34)29)26(36)18-4-3-5-22(12-18)38-15-24(35)33-11-10-21(14-33)30-2/h3-7,12-13,16,20-21,30H,8-11,14-15,29H2,1-2H3,(H,32,37). The van der Waals surface area contributed by atoms with E-state index in [2.05, 4.69) is 15.6 Å². The smallest absolute Gasteiger partial charge is 0.260 e. The quantitative estimate of drug-likeness (QED) is 0.371. The van der Waals surface area contributed by atoms with Crippen LogP contribution >= 0.6 is 0 Å². The Kier molecular flexibility index (Phi) is 7.15. The lowest BCUT2D eigenvalue weighted by atomic mass is 10.1. The third-order valence-electron chi connectivity index (χ3n) is 7.07. The molecule has 1 saturated carbocycles. The van der Waals surface area contributed by atoms with E-state index in [4.69, 9.17) is 10.5 Å². The minimum absolute atomic E-state index is 0.0918. The predicted molar refractivity (Wildman–Crippen MR) is 143 cm³/mol. The first-order valence-corrected chi connectivity index (χ1v) is 12.8. The third kappa shape index (κ3) is 5.40. The van der Waals surface area contributed by atoms with E-state index in [0.29, 0.717) is 41.7 Å². The van der Waals surface area contributed by atoms with Crippen LogP contribution in [0.25, 0.3) is 5.69 Å². The molecule has 1 saturated heterocycles. The molecule has 1 atom stereocenters. The lowest BCUT2D eigenvalue weighted by molar-refractivity contribution is -0.132. The van der Waals surface area contributed by atoms with Crippen molar-refractivity contribution >= 4 is 23.4 Å². The Bertz CT molecular complexity index is 1380. The number of nitrogens with zero attached hydrogens (tertiary/aromatic N) is 3. The summed E-state index contributed by atoms with van der Waals surface area (Å²) in [6.07, 6.45) is 4.41. The van der Waals surface area contributed by atoms with Gasteiger partial charge in [0.15, 0.2) is 12.3 Å². The van der Waals surface area contributed by atoms with Crippen molar-refractivity contribution in [3.63, 3.8) is 0 Å². The van der Waals surface area contributed by atoms with Crippen LogP contribution in [0.15, 0.2) is 48.8 Å². The van der Waals surface area contributed by atoms with Gasteiger partial charge in [-0.05, 0) is 63.1 Å². The normalized spacial score (nSPS) is 16.9. The minimum Gasteiger partial charge on any atom is -0.484 e. The van der Waals surface area contributed by atoms with Crippen LogP contribution in [0.3, 0.4) is 0 Å². The van der Waals surface area contributed by atoms with Gasteiger partial charge in [-0.15, -0.1) is 0 Å². The second-order valence-electron chi connectivity index (χ2n) is 9.86. The summed E-state index contributed by atoms with van der Waals surface area (Å²) in [7, 11) is 1.89. The molecule has 1 aromatic heterocycles. The van der Waals surface area contributed by atoms with E-state index < -0.39 is 0 Å². The average Bonchev–Trinajstić information content (AvgIpc) is 3.46. The lowest BCUT2D eigenvalue weighted by Gasteiger charge is -2.17. The molecule has 3 aromatic rings. The molecular formula is C28H32N6O4. The van der Waals surface area contributed by atoms with Gasteiger partial charge < -0.3 is 26.0 Å². The van der Waals surface area contributed by atoms with Gasteiger partial charge >= 0.3 is 0 Å². The number of ketones is 1. The number of likely N-dealkylation sites (N-methyl/N-ethyl adjacent to an activating group) is 1. The molecule has 2 aromatic carbocycles. The second-order valence-corrected chi connectivity index (χ2v) is 9.86. The Hall–Kier alpha value is -4.18. The Labute approximate surface area is 221 Å². The van der Waals surface area contributed by atoms with Crippen LogP contribution in [0, 0.1) is 6.92 Å². The maximum atomic E-state index is 13.3. The van der Waals surface area contributed by atoms with Crippen LogP contribution in [0.4, 0.5) is 5.82 Å². The molecule has 38 heavy (non-hydrogen) atoms. The van der Waals surface area contributed by atoms with Gasteiger partial charge in [-0.25, -0.2) is 4.98 Å². The second kappa shape index (κ2) is 10.7. The summed E-state index contributed by atoms with van der Waals surface area (Å²) in [5.74, 6) is -0.00420. The fraction of sp³-hybridized carbons (Fsp3) is 0.357. The molecule has 1 aliphatic carbocycles. The highest BCUT2D eigenvalue weighted by Crippen LogP contribution is 2.25. The largest absolute Gasteiger partial charge is 0.484 e. The van der Waals surface area contributed by atoms with Crippen molar-refractivity contribution in [2.75, 3.05) is 32.5 Å². The number of aryl methyl sites for hydroxylation is 1. The third-order valence-corrected chi connectivity index (χ3v) is 7.07. The number of likely N-dealkylation sites (tertiary alicyclic amines) is 1. The highest BCUT2D eigenvalue weighted by Gasteiger charge is 2.26. The number of nitrogens with one attached hydrogen (secondary N) is 2. The fourth-order valence-corrected chi connectivity index (χ4v) is 4.55. The number of ether oxygens (including phenoxy) is 1. The predicted octanol–water partition coefficient (Wildman–Crippen LogP) is 2.09. The number of imidazole rings is 1. The van der Waals surface area contributed by atoms with Gasteiger partial charge in [0.25, 0.3) is 11.8 Å². The number of aromatic nitrogens is 2. The van der Waals surface area contributed by atoms with Crippen molar-refractivity contribution in [1.29, 1.82) is 0 Å². The molecule has 10 nitrogen and oxygen atoms in total. The van der Waals surface area contributed by atoms with Crippen molar-refractivity contribution < 1.29 is 19.1 Å². The minimum atomic E-state index is -0.366. The van der Waals surface area contributed by atoms with E-state index in [-0.39, 0.29) is 41.8 Å². The van der Waals surface area contributed by atoms with Gasteiger partial charge in [0.2, 0.25) is 5.78 Å². The molecule has 4 N–H and O–H groups in total. The topological polar surface area (TPSA) is 132 Å². The van der Waals surface area contributed by atoms with Gasteiger partial charge in [-0.3, -0.25) is 19.0 Å². The molecule has 198 valence electrons. The molecule has 0 spiro atoms. The van der Waals surface area contributed by atoms with E-state index in [1.165, 1.54) is 6.33 Å². The summed E-state index contributed by atoms with van der Waals surface area (Å²) in [5.41, 5.74) is 8.91. The van der Waals surface area contributed by atoms with Crippen molar-refractivity contribution in [2.24, 2.45) is 0 Å². The number of rotatable bonds is 9. The number of nitrogens with two attached hydrogens (primary N) is 1. The molecule has 2 amide bonds. The van der Waals surface area contributed by atoms with Crippen molar-refractivity contribution in [3.8, 4) is 11.4 Å². The number of hydrogen-bond acceptors (Lipinski definition) is 7. The Balaban J connectivity index is 1.30. The number of benzene rings is 2. The van der Waals surface area contributed by atoms with Gasteiger partial charge in [-0.2, -0.15) is 0 Å². The molecular weight excluding hydrogens is 484 g/mol. The zero-order valence-corrected chi connectivity index (χ0v) is 21.6. The van der Waals surface area contributed by atoms with E-state index in [9.17, 15) is 14.4 Å². The molecule has 2 heterocycles. The average molecular weight is 517 g/mol. The lowest BCUT2D eigenvalue weighted by Crippen LogP contribution is -2.36. The summed E-state index contributed by atoms with van der Waals surface area (Å²) in [4.78, 5) is 44.4. The molecule has 2 aliphatic rings. The van der Waals surface area contributed by atoms with Crippen LogP contribution < -0.4 is 21.1 Å². The highest BCUT2D eigenvalue weighted by molar-refractivity contribution is 6.10. The van der Waals surface area contributed by atoms with Crippen molar-refractivity contribution in [2.45, 2.75) is 38.3 Å². The summed E-state index contributed by atoms with van der Waals surface area (Å²) < 4.78 is 7.32. The number of carbonyl (C=O) groups excluding carboxylic acids is 3. The number of carbonyl (C=O) groups is 3. The van der Waals surface area contributed by atoms with Gasteiger partial charge in [-0.1, -0.05) is 18.2 Å². The van der Waals surface area contributed by atoms with Gasteiger partial charge in [0.05, 0.1) is 5.69 Å². The summed E-state index contributed by atoms with van der Waals surface area (Å²) in [6.45, 7) is 3.16. The van der Waals surface area contributed by atoms with Crippen molar-refractivity contribution in [1.82, 2.24) is 25.1 Å². The molecule has 0 radical (unpaired) electrons. The Morgan fingerprint density at radius 3 is 2.63 bits per heavy atom. The van der Waals surface area contributed by atoms with Crippen molar-refractivity contribution in [3.05, 3.63) is 71.2 Å². The van der Waals surface area contributed by atoms with Crippen LogP contribution in [0.1, 0.15) is 51.2 Å². The maximum absolute atomic E-state index is 13.3. The monoisotopic (exact) mass is 516 g/mol. The molecule has 0 bridgehead atoms. The zero-order chi connectivity index (χ0) is 26.8. The SMILES string of the molecule is CNC1CCN(C(=O)COc2cccc(C(=O)c3ncn(-c4cc(C(=O)NC5CC5)ccc4C)c3N)c2)C1. The van der Waals surface area contributed by atoms with Gasteiger partial charge in [0.1, 0.15) is 17.9 Å². The Morgan fingerprint density at radius 2 is 1.89 bits per heavy atom. The number of amides is 2. The fourth-order valence-electron chi connectivity index (χ4n) is 4.55. The maximum Gasteiger partial charge on any atom is 0.260 e. The van der Waals surface area contributed by atoms with Crippen LogP contribution in [0.5, 0.6) is 5.75 Å². The summed E-state index contributed by atoms with van der Waals surface area (Å²) >= 11 is 0. The first kappa shape index (κ1) is 25.5. The highest BCUT2D eigenvalue weighted by atomic mass is 16.5. The van der Waals surface area contributed by atoms with Crippen LogP contribution in [-0.2, 0) is 4.79 Å². The van der Waals surface area contributed by atoms with E-state index in [1.54, 1.807) is 45.9 Å². The van der Waals surface area contributed by atoms with Crippen LogP contribution in [-0.4, -0.2) is 70.9 Å². The van der Waals surface area contributed by atoms with Gasteiger partial charge in [0, 0.05) is 36.3 Å². The molecule has 1 unspecified atom stereocenters. The molecule has 5 rings (SSSR count). The molecule has 10 heteroatoms. The van der Waals surface area contributed by atoms with E-state index in [1.807, 2.05) is 20.0 Å². The number of nitrogen functional groups attached to an aromatic ring is 1.